The van der Waals surface area contributed by atoms with Crippen LogP contribution in [0.5, 0.6) is 0 Å². The minimum Gasteiger partial charge on any atom is -0.453 e. The highest BCUT2D eigenvalue weighted by Gasteiger charge is 2.42. The van der Waals surface area contributed by atoms with Gasteiger partial charge < -0.3 is 9.64 Å². The maximum atomic E-state index is 12.5. The number of ether oxygens (including phenoxy) is 1. The van der Waals surface area contributed by atoms with Crippen LogP contribution in [0.1, 0.15) is 28.8 Å². The fraction of sp³-hybridized carbons (Fsp3) is 0.467. The summed E-state index contributed by atoms with van der Waals surface area (Å²) in [4.78, 5) is 25.9. The van der Waals surface area contributed by atoms with Crippen molar-refractivity contribution in [1.29, 1.82) is 0 Å². The average molecular weight is 259 g/mol. The normalized spacial score (nSPS) is 25.5. The smallest absolute Gasteiger partial charge is 0.409 e. The molecule has 0 N–H and O–H groups in total. The third kappa shape index (κ3) is 1.91. The number of carbonyl (C=O) groups is 2. The van der Waals surface area contributed by atoms with Crippen LogP contribution in [0.4, 0.5) is 4.79 Å². The summed E-state index contributed by atoms with van der Waals surface area (Å²) in [7, 11) is 1.39. The molecule has 1 saturated heterocycles. The van der Waals surface area contributed by atoms with E-state index in [2.05, 4.69) is 0 Å². The summed E-state index contributed by atoms with van der Waals surface area (Å²) in [6.07, 6.45) is 2.26. The zero-order valence-electron chi connectivity index (χ0n) is 11.0. The van der Waals surface area contributed by atoms with Gasteiger partial charge in [0.25, 0.3) is 0 Å². The molecule has 0 bridgehead atoms. The molecule has 2 atom stereocenters. The predicted molar refractivity (Wildman–Crippen MR) is 70.1 cm³/mol. The number of hydrogen-bond donors (Lipinski definition) is 0. The Balaban J connectivity index is 1.85. The van der Waals surface area contributed by atoms with Gasteiger partial charge in [-0.1, -0.05) is 24.3 Å². The van der Waals surface area contributed by atoms with E-state index in [1.807, 2.05) is 24.3 Å². The summed E-state index contributed by atoms with van der Waals surface area (Å²) in [5.41, 5.74) is 1.93. The molecule has 0 saturated carbocycles. The van der Waals surface area contributed by atoms with Gasteiger partial charge in [0.2, 0.25) is 0 Å². The molecule has 1 aliphatic carbocycles. The molecular formula is C15H17NO3. The first-order valence-electron chi connectivity index (χ1n) is 6.69. The van der Waals surface area contributed by atoms with E-state index in [1.54, 1.807) is 4.90 Å². The van der Waals surface area contributed by atoms with Gasteiger partial charge in [-0.15, -0.1) is 0 Å². The summed E-state index contributed by atoms with van der Waals surface area (Å²) in [5.74, 6) is 0.0791. The number of rotatable bonds is 1. The van der Waals surface area contributed by atoms with Crippen LogP contribution in [-0.2, 0) is 11.2 Å². The number of methoxy groups -OCH3 is 1. The number of fused-ring (bicyclic) bond motifs is 1. The third-order valence-corrected chi connectivity index (χ3v) is 4.23. The van der Waals surface area contributed by atoms with Crippen LogP contribution >= 0.6 is 0 Å². The molecule has 1 amide bonds. The molecule has 1 aromatic rings. The van der Waals surface area contributed by atoms with Gasteiger partial charge in [-0.05, 0) is 24.8 Å². The zero-order valence-corrected chi connectivity index (χ0v) is 11.0. The lowest BCUT2D eigenvalue weighted by atomic mass is 9.93. The van der Waals surface area contributed by atoms with Gasteiger partial charge in [-0.25, -0.2) is 4.79 Å². The van der Waals surface area contributed by atoms with E-state index >= 15 is 0 Å². The van der Waals surface area contributed by atoms with Crippen LogP contribution in [-0.4, -0.2) is 36.5 Å². The Labute approximate surface area is 112 Å². The number of likely N-dealkylation sites (tertiary alicyclic amines) is 1. The van der Waals surface area contributed by atoms with E-state index in [0.29, 0.717) is 6.54 Å². The van der Waals surface area contributed by atoms with Gasteiger partial charge in [-0.2, -0.15) is 0 Å². The number of Topliss-reactive ketones (excluding diaryl/α,β-unsaturated/α-hetero) is 1. The Morgan fingerprint density at radius 2 is 2.16 bits per heavy atom. The monoisotopic (exact) mass is 259 g/mol. The van der Waals surface area contributed by atoms with Crippen molar-refractivity contribution >= 4 is 11.9 Å². The van der Waals surface area contributed by atoms with E-state index in [-0.39, 0.29) is 23.8 Å². The van der Waals surface area contributed by atoms with Crippen LogP contribution in [0.2, 0.25) is 0 Å². The van der Waals surface area contributed by atoms with Crippen molar-refractivity contribution in [3.8, 4) is 0 Å². The lowest BCUT2D eigenvalue weighted by molar-refractivity contribution is 0.0809. The minimum atomic E-state index is -0.314. The fourth-order valence-corrected chi connectivity index (χ4v) is 3.33. The standard InChI is InChI=1S/C15H17NO3/c1-19-15(18)16-8-4-7-13(16)12-9-10-5-2-3-6-11(10)14(12)17/h2-3,5-6,12-13H,4,7-9H2,1H3. The lowest BCUT2D eigenvalue weighted by Gasteiger charge is -2.27. The van der Waals surface area contributed by atoms with E-state index in [1.165, 1.54) is 7.11 Å². The van der Waals surface area contributed by atoms with E-state index in [4.69, 9.17) is 4.74 Å². The molecule has 1 fully saturated rings. The highest BCUT2D eigenvalue weighted by atomic mass is 16.5. The van der Waals surface area contributed by atoms with E-state index in [0.717, 1.165) is 30.4 Å². The first-order valence-corrected chi connectivity index (χ1v) is 6.69. The highest BCUT2D eigenvalue weighted by Crippen LogP contribution is 2.35. The van der Waals surface area contributed by atoms with Crippen molar-refractivity contribution in [3.05, 3.63) is 35.4 Å². The van der Waals surface area contributed by atoms with Crippen molar-refractivity contribution in [3.63, 3.8) is 0 Å². The van der Waals surface area contributed by atoms with Crippen molar-refractivity contribution in [2.24, 2.45) is 5.92 Å². The molecule has 4 nitrogen and oxygen atoms in total. The van der Waals surface area contributed by atoms with Crippen LogP contribution in [0.25, 0.3) is 0 Å². The number of ketones is 1. The second-order valence-corrected chi connectivity index (χ2v) is 5.21. The summed E-state index contributed by atoms with van der Waals surface area (Å²) in [6, 6.07) is 7.74. The Bertz CT molecular complexity index is 526. The summed E-state index contributed by atoms with van der Waals surface area (Å²) < 4.78 is 4.81. The highest BCUT2D eigenvalue weighted by molar-refractivity contribution is 6.02. The number of benzene rings is 1. The fourth-order valence-electron chi connectivity index (χ4n) is 3.33. The largest absolute Gasteiger partial charge is 0.453 e. The second kappa shape index (κ2) is 4.68. The quantitative estimate of drug-likeness (QED) is 0.777. The molecule has 19 heavy (non-hydrogen) atoms. The maximum absolute atomic E-state index is 12.5. The molecule has 4 heteroatoms. The van der Waals surface area contributed by atoms with Crippen molar-refractivity contribution in [1.82, 2.24) is 4.90 Å². The van der Waals surface area contributed by atoms with E-state index < -0.39 is 0 Å². The van der Waals surface area contributed by atoms with Crippen LogP contribution in [0, 0.1) is 5.92 Å². The Kier molecular flexibility index (Phi) is 3.01. The van der Waals surface area contributed by atoms with Crippen LogP contribution in [0.15, 0.2) is 24.3 Å². The maximum Gasteiger partial charge on any atom is 0.409 e. The lowest BCUT2D eigenvalue weighted by Crippen LogP contribution is -2.42. The van der Waals surface area contributed by atoms with Gasteiger partial charge in [0.15, 0.2) is 5.78 Å². The first kappa shape index (κ1) is 12.2. The Hall–Kier alpha value is -1.84. The minimum absolute atomic E-state index is 0.00708. The van der Waals surface area contributed by atoms with Gasteiger partial charge >= 0.3 is 6.09 Å². The molecule has 0 radical (unpaired) electrons. The number of hydrogen-bond acceptors (Lipinski definition) is 3. The molecule has 0 spiro atoms. The van der Waals surface area contributed by atoms with E-state index in [9.17, 15) is 9.59 Å². The topological polar surface area (TPSA) is 46.6 Å². The zero-order chi connectivity index (χ0) is 13.4. The average Bonchev–Trinajstić information content (AvgIpc) is 3.03. The van der Waals surface area contributed by atoms with Crippen molar-refractivity contribution in [2.75, 3.05) is 13.7 Å². The van der Waals surface area contributed by atoms with Gasteiger partial charge in [-0.3, -0.25) is 4.79 Å². The predicted octanol–water partition coefficient (Wildman–Crippen LogP) is 2.27. The summed E-state index contributed by atoms with van der Waals surface area (Å²) in [6.45, 7) is 0.692. The molecular weight excluding hydrogens is 242 g/mol. The SMILES string of the molecule is COC(=O)N1CCCC1C1Cc2ccccc2C1=O. The number of carbonyl (C=O) groups excluding carboxylic acids is 2. The molecule has 100 valence electrons. The Morgan fingerprint density at radius 1 is 1.37 bits per heavy atom. The molecule has 0 aromatic heterocycles. The van der Waals surface area contributed by atoms with Gasteiger partial charge in [0, 0.05) is 24.1 Å². The number of nitrogens with zero attached hydrogens (tertiary/aromatic N) is 1. The third-order valence-electron chi connectivity index (χ3n) is 4.23. The summed E-state index contributed by atoms with van der Waals surface area (Å²) in [5, 5.41) is 0. The van der Waals surface area contributed by atoms with Crippen molar-refractivity contribution < 1.29 is 14.3 Å². The van der Waals surface area contributed by atoms with Gasteiger partial charge in [0.1, 0.15) is 0 Å². The molecule has 2 unspecified atom stereocenters. The van der Waals surface area contributed by atoms with Gasteiger partial charge in [0.05, 0.1) is 7.11 Å². The molecule has 2 aliphatic rings. The van der Waals surface area contributed by atoms with Crippen LogP contribution in [0.3, 0.4) is 0 Å². The van der Waals surface area contributed by atoms with Crippen molar-refractivity contribution in [2.45, 2.75) is 25.3 Å². The first-order chi connectivity index (χ1) is 9.22. The molecule has 3 rings (SSSR count). The Morgan fingerprint density at radius 3 is 2.89 bits per heavy atom. The molecule has 1 aliphatic heterocycles. The molecule has 1 aromatic carbocycles. The number of amides is 1. The van der Waals surface area contributed by atoms with Crippen LogP contribution < -0.4 is 0 Å². The second-order valence-electron chi connectivity index (χ2n) is 5.21. The summed E-state index contributed by atoms with van der Waals surface area (Å²) >= 11 is 0. The molecule has 1 heterocycles.